The van der Waals surface area contributed by atoms with Crippen molar-refractivity contribution in [3.63, 3.8) is 0 Å². The monoisotopic (exact) mass is 377 g/mol. The number of aromatic nitrogens is 2. The van der Waals surface area contributed by atoms with E-state index >= 15 is 0 Å². The number of fused-ring (bicyclic) bond motifs is 1. The highest BCUT2D eigenvalue weighted by Crippen LogP contribution is 2.33. The fourth-order valence-electron chi connectivity index (χ4n) is 3.98. The minimum absolute atomic E-state index is 0.0902. The standard InChI is InChI=1S/C23H27N3O2/c1-3-17-9-11-19(12-10-17)26-16-18(15-22(26)27)23-24-20-7-5-6-8-21(20)25(23)13-14-28-4-2/h5-12,18H,3-4,13-16H2,1-2H3/t18-/m0/s1. The van der Waals surface area contributed by atoms with Gasteiger partial charge in [-0.1, -0.05) is 31.2 Å². The summed E-state index contributed by atoms with van der Waals surface area (Å²) in [6.07, 6.45) is 1.49. The smallest absolute Gasteiger partial charge is 0.227 e. The highest BCUT2D eigenvalue weighted by atomic mass is 16.5. The lowest BCUT2D eigenvalue weighted by Crippen LogP contribution is -2.24. The first-order valence-electron chi connectivity index (χ1n) is 10.1. The molecule has 1 amide bonds. The van der Waals surface area contributed by atoms with Gasteiger partial charge in [0.25, 0.3) is 0 Å². The van der Waals surface area contributed by atoms with E-state index in [0.29, 0.717) is 26.2 Å². The molecule has 1 saturated heterocycles. The van der Waals surface area contributed by atoms with Crippen LogP contribution in [0.15, 0.2) is 48.5 Å². The molecule has 28 heavy (non-hydrogen) atoms. The third kappa shape index (κ3) is 3.54. The van der Waals surface area contributed by atoms with E-state index in [1.54, 1.807) is 0 Å². The number of carbonyl (C=O) groups excluding carboxylic acids is 1. The fraction of sp³-hybridized carbons (Fsp3) is 0.391. The zero-order chi connectivity index (χ0) is 19.5. The van der Waals surface area contributed by atoms with Crippen molar-refractivity contribution < 1.29 is 9.53 Å². The first kappa shape index (κ1) is 18.7. The third-order valence-corrected chi connectivity index (χ3v) is 5.49. The van der Waals surface area contributed by atoms with Crippen molar-refractivity contribution in [3.05, 3.63) is 59.9 Å². The van der Waals surface area contributed by atoms with Gasteiger partial charge in [0.15, 0.2) is 0 Å². The number of ether oxygens (including phenoxy) is 1. The molecule has 1 atom stereocenters. The van der Waals surface area contributed by atoms with Crippen LogP contribution in [0.3, 0.4) is 0 Å². The van der Waals surface area contributed by atoms with E-state index in [4.69, 9.17) is 9.72 Å². The Morgan fingerprint density at radius 1 is 1.11 bits per heavy atom. The molecular weight excluding hydrogens is 350 g/mol. The van der Waals surface area contributed by atoms with E-state index in [-0.39, 0.29) is 11.8 Å². The van der Waals surface area contributed by atoms with E-state index < -0.39 is 0 Å². The third-order valence-electron chi connectivity index (χ3n) is 5.49. The van der Waals surface area contributed by atoms with Crippen molar-refractivity contribution >= 4 is 22.6 Å². The number of nitrogens with zero attached hydrogens (tertiary/aromatic N) is 3. The Kier molecular flexibility index (Phi) is 5.44. The maximum absolute atomic E-state index is 12.8. The molecule has 3 aromatic rings. The van der Waals surface area contributed by atoms with Gasteiger partial charge in [-0.25, -0.2) is 4.98 Å². The topological polar surface area (TPSA) is 47.4 Å². The molecule has 1 aliphatic rings. The number of anilines is 1. The summed E-state index contributed by atoms with van der Waals surface area (Å²) in [5, 5.41) is 0. The number of rotatable bonds is 7. The quantitative estimate of drug-likeness (QED) is 0.581. The van der Waals surface area contributed by atoms with E-state index in [2.05, 4.69) is 41.8 Å². The fourth-order valence-corrected chi connectivity index (χ4v) is 3.98. The molecule has 2 heterocycles. The summed E-state index contributed by atoms with van der Waals surface area (Å²) in [6.45, 7) is 6.91. The molecule has 0 spiro atoms. The van der Waals surface area contributed by atoms with Gasteiger partial charge in [-0.2, -0.15) is 0 Å². The zero-order valence-corrected chi connectivity index (χ0v) is 16.6. The van der Waals surface area contributed by atoms with Crippen molar-refractivity contribution in [2.75, 3.05) is 24.7 Å². The number of hydrogen-bond donors (Lipinski definition) is 0. The Morgan fingerprint density at radius 2 is 1.89 bits per heavy atom. The van der Waals surface area contributed by atoms with Gasteiger partial charge in [0.05, 0.1) is 17.6 Å². The predicted octanol–water partition coefficient (Wildman–Crippen LogP) is 4.16. The van der Waals surface area contributed by atoms with E-state index in [1.165, 1.54) is 5.56 Å². The number of carbonyl (C=O) groups is 1. The van der Waals surface area contributed by atoms with Crippen LogP contribution in [0, 0.1) is 0 Å². The highest BCUT2D eigenvalue weighted by molar-refractivity contribution is 5.96. The van der Waals surface area contributed by atoms with Gasteiger partial charge >= 0.3 is 0 Å². The first-order valence-corrected chi connectivity index (χ1v) is 10.1. The predicted molar refractivity (Wildman–Crippen MR) is 112 cm³/mol. The average molecular weight is 377 g/mol. The van der Waals surface area contributed by atoms with E-state index in [9.17, 15) is 4.79 Å². The minimum Gasteiger partial charge on any atom is -0.380 e. The summed E-state index contributed by atoms with van der Waals surface area (Å²) < 4.78 is 7.81. The molecule has 1 fully saturated rings. The van der Waals surface area contributed by atoms with Crippen LogP contribution in [0.25, 0.3) is 11.0 Å². The SMILES string of the molecule is CCOCCn1c([C@H]2CC(=O)N(c3ccc(CC)cc3)C2)nc2ccccc21. The summed E-state index contributed by atoms with van der Waals surface area (Å²) >= 11 is 0. The Morgan fingerprint density at radius 3 is 2.64 bits per heavy atom. The summed E-state index contributed by atoms with van der Waals surface area (Å²) in [7, 11) is 0. The van der Waals surface area contributed by atoms with Crippen LogP contribution in [0.2, 0.25) is 0 Å². The number of imidazole rings is 1. The van der Waals surface area contributed by atoms with Crippen LogP contribution in [0.1, 0.15) is 37.6 Å². The van der Waals surface area contributed by atoms with Crippen LogP contribution >= 0.6 is 0 Å². The van der Waals surface area contributed by atoms with Crippen molar-refractivity contribution in [3.8, 4) is 0 Å². The van der Waals surface area contributed by atoms with Crippen LogP contribution in [0.4, 0.5) is 5.69 Å². The Hall–Kier alpha value is -2.66. The van der Waals surface area contributed by atoms with E-state index in [0.717, 1.165) is 35.5 Å². The maximum atomic E-state index is 12.8. The molecule has 0 unspecified atom stereocenters. The van der Waals surface area contributed by atoms with Crippen LogP contribution in [-0.4, -0.2) is 35.2 Å². The lowest BCUT2D eigenvalue weighted by molar-refractivity contribution is -0.117. The average Bonchev–Trinajstić information content (AvgIpc) is 3.29. The first-order chi connectivity index (χ1) is 13.7. The molecule has 0 saturated carbocycles. The number of para-hydroxylation sites is 2. The summed E-state index contributed by atoms with van der Waals surface area (Å²) in [5.41, 5.74) is 4.34. The van der Waals surface area contributed by atoms with Crippen molar-refractivity contribution in [2.45, 2.75) is 39.2 Å². The molecule has 1 aromatic heterocycles. The van der Waals surface area contributed by atoms with Gasteiger partial charge in [-0.05, 0) is 43.2 Å². The van der Waals surface area contributed by atoms with Crippen LogP contribution in [0.5, 0.6) is 0 Å². The van der Waals surface area contributed by atoms with E-state index in [1.807, 2.05) is 30.0 Å². The Bertz CT molecular complexity index is 962. The molecule has 1 aliphatic heterocycles. The second kappa shape index (κ2) is 8.15. The summed E-state index contributed by atoms with van der Waals surface area (Å²) in [4.78, 5) is 19.6. The maximum Gasteiger partial charge on any atom is 0.227 e. The number of amides is 1. The molecule has 0 radical (unpaired) electrons. The molecule has 5 heteroatoms. The summed E-state index contributed by atoms with van der Waals surface area (Å²) in [6, 6.07) is 16.5. The second-order valence-corrected chi connectivity index (χ2v) is 7.23. The van der Waals surface area contributed by atoms with Crippen molar-refractivity contribution in [1.29, 1.82) is 0 Å². The van der Waals surface area contributed by atoms with Gasteiger partial charge in [0, 0.05) is 37.7 Å². The molecule has 2 aromatic carbocycles. The second-order valence-electron chi connectivity index (χ2n) is 7.23. The highest BCUT2D eigenvalue weighted by Gasteiger charge is 2.34. The normalized spacial score (nSPS) is 17.0. The van der Waals surface area contributed by atoms with Gasteiger partial charge in [0.2, 0.25) is 5.91 Å². The number of hydrogen-bond acceptors (Lipinski definition) is 3. The molecule has 5 nitrogen and oxygen atoms in total. The van der Waals surface area contributed by atoms with Gasteiger partial charge in [0.1, 0.15) is 5.82 Å². The zero-order valence-electron chi connectivity index (χ0n) is 16.6. The van der Waals surface area contributed by atoms with Gasteiger partial charge in [-0.15, -0.1) is 0 Å². The molecule has 0 bridgehead atoms. The lowest BCUT2D eigenvalue weighted by atomic mass is 10.1. The Labute approximate surface area is 165 Å². The largest absolute Gasteiger partial charge is 0.380 e. The van der Waals surface area contributed by atoms with Crippen LogP contribution < -0.4 is 4.90 Å². The van der Waals surface area contributed by atoms with Gasteiger partial charge < -0.3 is 14.2 Å². The van der Waals surface area contributed by atoms with Crippen LogP contribution in [-0.2, 0) is 22.5 Å². The summed E-state index contributed by atoms with van der Waals surface area (Å²) in [5.74, 6) is 1.24. The molecule has 0 aliphatic carbocycles. The van der Waals surface area contributed by atoms with Crippen molar-refractivity contribution in [2.24, 2.45) is 0 Å². The van der Waals surface area contributed by atoms with Gasteiger partial charge in [-0.3, -0.25) is 4.79 Å². The van der Waals surface area contributed by atoms with Crippen molar-refractivity contribution in [1.82, 2.24) is 9.55 Å². The number of benzene rings is 2. The molecule has 4 rings (SSSR count). The molecule has 146 valence electrons. The molecular formula is C23H27N3O2. The minimum atomic E-state index is 0.0902. The lowest BCUT2D eigenvalue weighted by Gasteiger charge is -2.18. The molecule has 0 N–H and O–H groups in total. The number of aryl methyl sites for hydroxylation is 1. The Balaban J connectivity index is 1.62.